The van der Waals surface area contributed by atoms with Crippen LogP contribution in [-0.4, -0.2) is 41.5 Å². The van der Waals surface area contributed by atoms with E-state index in [1.54, 1.807) is 6.07 Å². The average Bonchev–Trinajstić information content (AvgIpc) is 2.83. The Bertz CT molecular complexity index is 475. The highest BCUT2D eigenvalue weighted by Crippen LogP contribution is 2.19. The fraction of sp³-hybridized carbons (Fsp3) is 0.500. The third kappa shape index (κ3) is 3.43. The number of hydrogen-bond acceptors (Lipinski definition) is 4. The SMILES string of the molecule is Cc1nc(NC(=O)NC2(CO)CCOC2)ccc1Br. The molecule has 1 aromatic rings. The van der Waals surface area contributed by atoms with Crippen LogP contribution in [0.1, 0.15) is 12.1 Å². The van der Waals surface area contributed by atoms with Crippen molar-refractivity contribution in [2.45, 2.75) is 18.9 Å². The first kappa shape index (κ1) is 14.2. The number of urea groups is 1. The third-order valence-electron chi connectivity index (χ3n) is 3.05. The van der Waals surface area contributed by atoms with Crippen molar-refractivity contribution in [3.63, 3.8) is 0 Å². The highest BCUT2D eigenvalue weighted by molar-refractivity contribution is 9.10. The maximum atomic E-state index is 11.9. The van der Waals surface area contributed by atoms with Crippen LogP contribution in [0.2, 0.25) is 0 Å². The van der Waals surface area contributed by atoms with Crippen molar-refractivity contribution in [2.75, 3.05) is 25.1 Å². The Labute approximate surface area is 119 Å². The summed E-state index contributed by atoms with van der Waals surface area (Å²) >= 11 is 3.35. The van der Waals surface area contributed by atoms with E-state index in [0.717, 1.165) is 10.2 Å². The molecule has 1 aliphatic rings. The van der Waals surface area contributed by atoms with Crippen LogP contribution in [0.15, 0.2) is 16.6 Å². The number of nitrogens with zero attached hydrogens (tertiary/aromatic N) is 1. The van der Waals surface area contributed by atoms with Crippen LogP contribution in [0.3, 0.4) is 0 Å². The first-order valence-corrected chi connectivity index (χ1v) is 6.75. The molecule has 7 heteroatoms. The molecule has 0 aromatic carbocycles. The lowest BCUT2D eigenvalue weighted by Crippen LogP contribution is -2.53. The summed E-state index contributed by atoms with van der Waals surface area (Å²) in [6.45, 7) is 2.56. The van der Waals surface area contributed by atoms with Crippen LogP contribution in [0.25, 0.3) is 0 Å². The number of carbonyl (C=O) groups is 1. The Morgan fingerprint density at radius 3 is 3.00 bits per heavy atom. The normalized spacial score (nSPS) is 22.3. The predicted octanol–water partition coefficient (Wildman–Crippen LogP) is 1.43. The van der Waals surface area contributed by atoms with E-state index in [1.807, 2.05) is 13.0 Å². The highest BCUT2D eigenvalue weighted by Gasteiger charge is 2.35. The van der Waals surface area contributed by atoms with Gasteiger partial charge in [-0.25, -0.2) is 9.78 Å². The number of amides is 2. The van der Waals surface area contributed by atoms with Crippen molar-refractivity contribution in [2.24, 2.45) is 0 Å². The molecule has 2 rings (SSSR count). The summed E-state index contributed by atoms with van der Waals surface area (Å²) in [4.78, 5) is 16.1. The predicted molar refractivity (Wildman–Crippen MR) is 74.1 cm³/mol. The Morgan fingerprint density at radius 2 is 2.42 bits per heavy atom. The van der Waals surface area contributed by atoms with Gasteiger partial charge < -0.3 is 15.2 Å². The Hall–Kier alpha value is -1.18. The van der Waals surface area contributed by atoms with Crippen LogP contribution in [-0.2, 0) is 4.74 Å². The van der Waals surface area contributed by atoms with E-state index < -0.39 is 11.6 Å². The highest BCUT2D eigenvalue weighted by atomic mass is 79.9. The number of halogens is 1. The fourth-order valence-corrected chi connectivity index (χ4v) is 2.09. The van der Waals surface area contributed by atoms with E-state index in [4.69, 9.17) is 4.74 Å². The molecular formula is C12H16BrN3O3. The van der Waals surface area contributed by atoms with E-state index >= 15 is 0 Å². The van der Waals surface area contributed by atoms with E-state index in [2.05, 4.69) is 31.5 Å². The number of anilines is 1. The summed E-state index contributed by atoms with van der Waals surface area (Å²) in [6.07, 6.45) is 0.601. The van der Waals surface area contributed by atoms with Gasteiger partial charge in [0.1, 0.15) is 5.82 Å². The molecule has 104 valence electrons. The number of aromatic nitrogens is 1. The van der Waals surface area contributed by atoms with Gasteiger partial charge in [-0.15, -0.1) is 0 Å². The van der Waals surface area contributed by atoms with Gasteiger partial charge in [0.05, 0.1) is 24.4 Å². The smallest absolute Gasteiger partial charge is 0.320 e. The molecule has 0 bridgehead atoms. The molecule has 19 heavy (non-hydrogen) atoms. The van der Waals surface area contributed by atoms with Gasteiger partial charge in [0, 0.05) is 11.1 Å². The second-order valence-corrected chi connectivity index (χ2v) is 5.44. The first-order chi connectivity index (χ1) is 9.04. The van der Waals surface area contributed by atoms with Gasteiger partial charge in [0.25, 0.3) is 0 Å². The van der Waals surface area contributed by atoms with Gasteiger partial charge in [0.2, 0.25) is 0 Å². The maximum Gasteiger partial charge on any atom is 0.320 e. The van der Waals surface area contributed by atoms with E-state index in [9.17, 15) is 9.90 Å². The molecular weight excluding hydrogens is 314 g/mol. The molecule has 0 spiro atoms. The molecule has 0 aliphatic carbocycles. The van der Waals surface area contributed by atoms with Crippen LogP contribution in [0.4, 0.5) is 10.6 Å². The number of nitrogens with one attached hydrogen (secondary N) is 2. The van der Waals surface area contributed by atoms with Crippen LogP contribution in [0, 0.1) is 6.92 Å². The van der Waals surface area contributed by atoms with Crippen LogP contribution < -0.4 is 10.6 Å². The average molecular weight is 330 g/mol. The van der Waals surface area contributed by atoms with Crippen molar-refractivity contribution in [3.05, 3.63) is 22.3 Å². The summed E-state index contributed by atoms with van der Waals surface area (Å²) < 4.78 is 6.10. The van der Waals surface area contributed by atoms with E-state index in [1.165, 1.54) is 0 Å². The summed E-state index contributed by atoms with van der Waals surface area (Å²) in [5.74, 6) is 0.463. The second kappa shape index (κ2) is 5.85. The number of aliphatic hydroxyl groups is 1. The van der Waals surface area contributed by atoms with Crippen molar-refractivity contribution >= 4 is 27.8 Å². The van der Waals surface area contributed by atoms with Gasteiger partial charge in [-0.05, 0) is 41.4 Å². The minimum Gasteiger partial charge on any atom is -0.394 e. The molecule has 1 aliphatic heterocycles. The second-order valence-electron chi connectivity index (χ2n) is 4.58. The number of aryl methyl sites for hydroxylation is 1. The molecule has 2 heterocycles. The van der Waals surface area contributed by atoms with Gasteiger partial charge in [0.15, 0.2) is 0 Å². The fourth-order valence-electron chi connectivity index (χ4n) is 1.87. The van der Waals surface area contributed by atoms with E-state index in [-0.39, 0.29) is 6.61 Å². The lowest BCUT2D eigenvalue weighted by Gasteiger charge is -2.26. The van der Waals surface area contributed by atoms with Gasteiger partial charge in [-0.1, -0.05) is 0 Å². The minimum atomic E-state index is -0.686. The summed E-state index contributed by atoms with van der Waals surface area (Å²) in [5.41, 5.74) is 0.105. The van der Waals surface area contributed by atoms with Crippen LogP contribution in [0.5, 0.6) is 0 Å². The maximum absolute atomic E-state index is 11.9. The first-order valence-electron chi connectivity index (χ1n) is 5.96. The van der Waals surface area contributed by atoms with Gasteiger partial charge >= 0.3 is 6.03 Å². The molecule has 1 aromatic heterocycles. The Balaban J connectivity index is 1.99. The summed E-state index contributed by atoms with van der Waals surface area (Å²) in [6, 6.07) is 3.13. The van der Waals surface area contributed by atoms with Crippen LogP contribution >= 0.6 is 15.9 Å². The zero-order valence-corrected chi connectivity index (χ0v) is 12.2. The topological polar surface area (TPSA) is 83.5 Å². The molecule has 1 fully saturated rings. The zero-order chi connectivity index (χ0) is 13.9. The van der Waals surface area contributed by atoms with Crippen molar-refractivity contribution in [3.8, 4) is 0 Å². The standard InChI is InChI=1S/C12H16BrN3O3/c1-8-9(13)2-3-10(14-8)15-11(18)16-12(6-17)4-5-19-7-12/h2-3,17H,4-7H2,1H3,(H2,14,15,16,18). The Morgan fingerprint density at radius 1 is 1.63 bits per heavy atom. The number of carbonyl (C=O) groups excluding carboxylic acids is 1. The number of pyridine rings is 1. The Kier molecular flexibility index (Phi) is 4.38. The number of aliphatic hydroxyl groups excluding tert-OH is 1. The molecule has 6 nitrogen and oxygen atoms in total. The number of ether oxygens (including phenoxy) is 1. The molecule has 0 saturated carbocycles. The largest absolute Gasteiger partial charge is 0.394 e. The van der Waals surface area contributed by atoms with E-state index in [0.29, 0.717) is 25.5 Å². The molecule has 1 unspecified atom stereocenters. The summed E-state index contributed by atoms with van der Waals surface area (Å²) in [5, 5.41) is 14.8. The van der Waals surface area contributed by atoms with Crippen molar-refractivity contribution < 1.29 is 14.6 Å². The lowest BCUT2D eigenvalue weighted by molar-refractivity contribution is 0.126. The third-order valence-corrected chi connectivity index (χ3v) is 3.89. The molecule has 0 radical (unpaired) electrons. The van der Waals surface area contributed by atoms with Crippen molar-refractivity contribution in [1.29, 1.82) is 0 Å². The summed E-state index contributed by atoms with van der Waals surface area (Å²) in [7, 11) is 0. The van der Waals surface area contributed by atoms with Gasteiger partial charge in [-0.3, -0.25) is 5.32 Å². The van der Waals surface area contributed by atoms with Crippen molar-refractivity contribution in [1.82, 2.24) is 10.3 Å². The monoisotopic (exact) mass is 329 g/mol. The molecule has 1 atom stereocenters. The molecule has 2 amide bonds. The number of hydrogen-bond donors (Lipinski definition) is 3. The lowest BCUT2D eigenvalue weighted by atomic mass is 10.0. The zero-order valence-electron chi connectivity index (χ0n) is 10.6. The minimum absolute atomic E-state index is 0.146. The quantitative estimate of drug-likeness (QED) is 0.783. The molecule has 1 saturated heterocycles. The number of rotatable bonds is 3. The molecule has 3 N–H and O–H groups in total. The van der Waals surface area contributed by atoms with Gasteiger partial charge in [-0.2, -0.15) is 0 Å².